The number of carboxylic acid groups (broad SMARTS) is 1. The van der Waals surface area contributed by atoms with Crippen LogP contribution in [0.25, 0.3) is 10.9 Å². The highest BCUT2D eigenvalue weighted by Gasteiger charge is 2.44. The van der Waals surface area contributed by atoms with Gasteiger partial charge in [0.15, 0.2) is 0 Å². The minimum absolute atomic E-state index is 0.00562. The standard InChI is InChI=1S/C24H26N2O5/c1-3-15-14-26-11-9-16(15)12-21(26)24(31-23(29)7-6-22(27)28)18-8-10-25-20-5-4-17(30-2)13-19(18)20/h3-8,10,13,15-16,21,24H,1,9,11-12,14H2,2H3,(H,27,28)/b7-6-/t15-,16-,21-,24+/m0/s1. The minimum Gasteiger partial charge on any atom is -0.497 e. The van der Waals surface area contributed by atoms with Crippen LogP contribution >= 0.6 is 0 Å². The van der Waals surface area contributed by atoms with Crippen LogP contribution < -0.4 is 4.74 Å². The third-order valence-corrected chi connectivity index (χ3v) is 6.40. The highest BCUT2D eigenvalue weighted by molar-refractivity contribution is 5.91. The quantitative estimate of drug-likeness (QED) is 0.416. The second kappa shape index (κ2) is 8.89. The number of methoxy groups -OCH3 is 1. The number of benzene rings is 1. The van der Waals surface area contributed by atoms with Gasteiger partial charge in [0.25, 0.3) is 0 Å². The lowest BCUT2D eigenvalue weighted by Crippen LogP contribution is -2.55. The lowest BCUT2D eigenvalue weighted by atomic mass is 9.73. The van der Waals surface area contributed by atoms with Gasteiger partial charge in [0.05, 0.1) is 18.7 Å². The Morgan fingerprint density at radius 2 is 2.16 bits per heavy atom. The van der Waals surface area contributed by atoms with Gasteiger partial charge in [-0.15, -0.1) is 6.58 Å². The molecule has 4 heterocycles. The fourth-order valence-electron chi connectivity index (χ4n) is 4.87. The first-order chi connectivity index (χ1) is 15.0. The molecule has 3 saturated heterocycles. The van der Waals surface area contributed by atoms with Crippen molar-refractivity contribution < 1.29 is 24.2 Å². The van der Waals surface area contributed by atoms with Crippen LogP contribution in [0.15, 0.2) is 55.3 Å². The Labute approximate surface area is 181 Å². The number of carbonyl (C=O) groups excluding carboxylic acids is 1. The number of esters is 1. The van der Waals surface area contributed by atoms with Crippen molar-refractivity contribution in [2.45, 2.75) is 25.0 Å². The molecule has 1 aromatic carbocycles. The van der Waals surface area contributed by atoms with Gasteiger partial charge < -0.3 is 14.6 Å². The van der Waals surface area contributed by atoms with Crippen LogP contribution in [0.4, 0.5) is 0 Å². The molecular weight excluding hydrogens is 396 g/mol. The van der Waals surface area contributed by atoms with E-state index in [0.29, 0.717) is 17.6 Å². The topological polar surface area (TPSA) is 89.0 Å². The monoisotopic (exact) mass is 422 g/mol. The maximum absolute atomic E-state index is 12.5. The van der Waals surface area contributed by atoms with Crippen molar-refractivity contribution >= 4 is 22.8 Å². The van der Waals surface area contributed by atoms with Crippen molar-refractivity contribution in [2.24, 2.45) is 11.8 Å². The Bertz CT molecular complexity index is 1030. The molecule has 1 aromatic heterocycles. The van der Waals surface area contributed by atoms with Crippen molar-refractivity contribution in [1.29, 1.82) is 0 Å². The number of carbonyl (C=O) groups is 2. The summed E-state index contributed by atoms with van der Waals surface area (Å²) in [6, 6.07) is 7.48. The molecule has 3 aliphatic rings. The van der Waals surface area contributed by atoms with Crippen LogP contribution in [0.2, 0.25) is 0 Å². The van der Waals surface area contributed by atoms with Crippen molar-refractivity contribution in [3.05, 3.63) is 60.8 Å². The number of aliphatic carboxylic acids is 1. The molecule has 0 radical (unpaired) electrons. The number of pyridine rings is 1. The summed E-state index contributed by atoms with van der Waals surface area (Å²) in [5, 5.41) is 9.72. The van der Waals surface area contributed by atoms with Gasteiger partial charge in [0.2, 0.25) is 0 Å². The Kier molecular flexibility index (Phi) is 6.04. The average Bonchev–Trinajstić information content (AvgIpc) is 2.80. The summed E-state index contributed by atoms with van der Waals surface area (Å²) in [7, 11) is 1.60. The minimum atomic E-state index is -1.19. The molecule has 0 saturated carbocycles. The lowest BCUT2D eigenvalue weighted by Gasteiger charge is -2.51. The number of fused-ring (bicyclic) bond motifs is 4. The van der Waals surface area contributed by atoms with Gasteiger partial charge in [-0.1, -0.05) is 6.08 Å². The predicted octanol–water partition coefficient (Wildman–Crippen LogP) is 3.36. The van der Waals surface area contributed by atoms with Crippen LogP contribution in [-0.2, 0) is 14.3 Å². The summed E-state index contributed by atoms with van der Waals surface area (Å²) in [6.07, 6.45) is 6.91. The summed E-state index contributed by atoms with van der Waals surface area (Å²) >= 11 is 0. The van der Waals surface area contributed by atoms with Gasteiger partial charge in [0, 0.05) is 35.8 Å². The molecular formula is C24H26N2O5. The fourth-order valence-corrected chi connectivity index (χ4v) is 4.87. The van der Waals surface area contributed by atoms with E-state index in [1.54, 1.807) is 13.3 Å². The molecule has 5 atom stereocenters. The molecule has 2 bridgehead atoms. The van der Waals surface area contributed by atoms with E-state index in [9.17, 15) is 9.59 Å². The summed E-state index contributed by atoms with van der Waals surface area (Å²) in [5.41, 5.74) is 1.62. The zero-order valence-electron chi connectivity index (χ0n) is 17.4. The van der Waals surface area contributed by atoms with Crippen molar-refractivity contribution in [3.63, 3.8) is 0 Å². The number of piperidine rings is 3. The third kappa shape index (κ3) is 4.32. The smallest absolute Gasteiger partial charge is 0.331 e. The predicted molar refractivity (Wildman–Crippen MR) is 116 cm³/mol. The molecule has 0 amide bonds. The maximum atomic E-state index is 12.5. The molecule has 162 valence electrons. The second-order valence-corrected chi connectivity index (χ2v) is 8.06. The van der Waals surface area contributed by atoms with E-state index in [2.05, 4.69) is 16.5 Å². The van der Waals surface area contributed by atoms with Gasteiger partial charge in [-0.05, 0) is 55.5 Å². The van der Waals surface area contributed by atoms with Crippen molar-refractivity contribution in [1.82, 2.24) is 9.88 Å². The molecule has 3 aliphatic heterocycles. The second-order valence-electron chi connectivity index (χ2n) is 8.06. The Morgan fingerprint density at radius 3 is 2.84 bits per heavy atom. The van der Waals surface area contributed by atoms with Gasteiger partial charge >= 0.3 is 11.9 Å². The average molecular weight is 422 g/mol. The summed E-state index contributed by atoms with van der Waals surface area (Å²) in [4.78, 5) is 30.2. The molecule has 3 fully saturated rings. The lowest BCUT2D eigenvalue weighted by molar-refractivity contribution is -0.151. The highest BCUT2D eigenvalue weighted by atomic mass is 16.5. The summed E-state index contributed by atoms with van der Waals surface area (Å²) < 4.78 is 11.3. The van der Waals surface area contributed by atoms with Gasteiger partial charge in [0.1, 0.15) is 11.9 Å². The fraction of sp³-hybridized carbons (Fsp3) is 0.375. The van der Waals surface area contributed by atoms with Crippen LogP contribution in [0.5, 0.6) is 5.75 Å². The third-order valence-electron chi connectivity index (χ3n) is 6.40. The number of aromatic nitrogens is 1. The summed E-state index contributed by atoms with van der Waals surface area (Å²) in [6.45, 7) is 5.80. The SMILES string of the molecule is C=C[C@H]1CN2CC[C@H]1C[C@H]2[C@H](OC(=O)/C=C\C(=O)O)c1ccnc2ccc(OC)cc12. The van der Waals surface area contributed by atoms with E-state index in [-0.39, 0.29) is 6.04 Å². The van der Waals surface area contributed by atoms with E-state index in [1.807, 2.05) is 30.3 Å². The van der Waals surface area contributed by atoms with Gasteiger partial charge in [-0.2, -0.15) is 0 Å². The van der Waals surface area contributed by atoms with Crippen LogP contribution in [0.1, 0.15) is 24.5 Å². The normalized spacial score (nSPS) is 26.0. The first kappa shape index (κ1) is 21.1. The highest BCUT2D eigenvalue weighted by Crippen LogP contribution is 2.43. The van der Waals surface area contributed by atoms with Gasteiger partial charge in [-0.25, -0.2) is 9.59 Å². The van der Waals surface area contributed by atoms with E-state index in [4.69, 9.17) is 14.6 Å². The van der Waals surface area contributed by atoms with Crippen LogP contribution in [0, 0.1) is 11.8 Å². The number of rotatable bonds is 7. The molecule has 7 heteroatoms. The molecule has 0 spiro atoms. The number of ether oxygens (including phenoxy) is 2. The van der Waals surface area contributed by atoms with E-state index in [0.717, 1.165) is 54.5 Å². The van der Waals surface area contributed by atoms with Gasteiger partial charge in [-0.3, -0.25) is 9.88 Å². The first-order valence-corrected chi connectivity index (χ1v) is 10.4. The molecule has 31 heavy (non-hydrogen) atoms. The number of carboxylic acids is 1. The molecule has 0 aliphatic carbocycles. The Balaban J connectivity index is 1.75. The summed E-state index contributed by atoms with van der Waals surface area (Å²) in [5.74, 6) is -0.256. The molecule has 5 rings (SSSR count). The number of nitrogens with zero attached hydrogens (tertiary/aromatic N) is 2. The Hall–Kier alpha value is -3.19. The zero-order chi connectivity index (χ0) is 22.0. The van der Waals surface area contributed by atoms with E-state index >= 15 is 0 Å². The van der Waals surface area contributed by atoms with Crippen molar-refractivity contribution in [3.8, 4) is 5.75 Å². The van der Waals surface area contributed by atoms with Crippen LogP contribution in [-0.4, -0.2) is 53.2 Å². The van der Waals surface area contributed by atoms with Crippen LogP contribution in [0.3, 0.4) is 0 Å². The number of hydrogen-bond donors (Lipinski definition) is 1. The van der Waals surface area contributed by atoms with E-state index < -0.39 is 18.0 Å². The zero-order valence-corrected chi connectivity index (χ0v) is 17.4. The largest absolute Gasteiger partial charge is 0.497 e. The van der Waals surface area contributed by atoms with E-state index in [1.165, 1.54) is 0 Å². The molecule has 7 nitrogen and oxygen atoms in total. The first-order valence-electron chi connectivity index (χ1n) is 10.4. The maximum Gasteiger partial charge on any atom is 0.331 e. The molecule has 1 unspecified atom stereocenters. The van der Waals surface area contributed by atoms with Crippen molar-refractivity contribution in [2.75, 3.05) is 20.2 Å². The number of hydrogen-bond acceptors (Lipinski definition) is 6. The molecule has 2 aromatic rings. The molecule has 1 N–H and O–H groups in total. The Morgan fingerprint density at radius 1 is 1.32 bits per heavy atom.